The Morgan fingerprint density at radius 1 is 0.885 bits per heavy atom. The van der Waals surface area contributed by atoms with E-state index in [9.17, 15) is 0 Å². The van der Waals surface area contributed by atoms with E-state index in [0.29, 0.717) is 13.2 Å². The molecule has 2 aliphatic heterocycles. The SMILES string of the molecule is c1cn(-c2ccc3c(c2)COC3)c(-c2cnc(N3CCOCC3)nc2)n1. The maximum Gasteiger partial charge on any atom is 0.225 e. The molecule has 0 unspecified atom stereocenters. The highest BCUT2D eigenvalue weighted by atomic mass is 16.5. The van der Waals surface area contributed by atoms with Crippen LogP contribution in [0.3, 0.4) is 0 Å². The van der Waals surface area contributed by atoms with E-state index in [1.54, 1.807) is 6.20 Å². The number of anilines is 1. The second kappa shape index (κ2) is 6.51. The number of morpholine rings is 1. The molecule has 0 amide bonds. The number of aromatic nitrogens is 4. The van der Waals surface area contributed by atoms with Crippen LogP contribution in [0.15, 0.2) is 43.0 Å². The fourth-order valence-corrected chi connectivity index (χ4v) is 3.40. The summed E-state index contributed by atoms with van der Waals surface area (Å²) in [7, 11) is 0. The zero-order chi connectivity index (χ0) is 17.3. The molecular weight excluding hydrogens is 330 g/mol. The molecule has 3 aromatic rings. The van der Waals surface area contributed by atoms with Gasteiger partial charge < -0.3 is 14.4 Å². The molecule has 1 fully saturated rings. The van der Waals surface area contributed by atoms with Crippen molar-refractivity contribution in [1.29, 1.82) is 0 Å². The molecule has 1 aromatic carbocycles. The van der Waals surface area contributed by atoms with E-state index in [0.717, 1.165) is 49.3 Å². The number of hydrogen-bond donors (Lipinski definition) is 0. The summed E-state index contributed by atoms with van der Waals surface area (Å²) >= 11 is 0. The topological polar surface area (TPSA) is 65.3 Å². The Balaban J connectivity index is 1.45. The van der Waals surface area contributed by atoms with E-state index < -0.39 is 0 Å². The first kappa shape index (κ1) is 15.5. The Labute approximate surface area is 151 Å². The van der Waals surface area contributed by atoms with E-state index >= 15 is 0 Å². The first-order chi connectivity index (χ1) is 12.9. The Kier molecular flexibility index (Phi) is 3.88. The summed E-state index contributed by atoms with van der Waals surface area (Å²) in [6, 6.07) is 6.39. The van der Waals surface area contributed by atoms with Gasteiger partial charge in [0.2, 0.25) is 5.95 Å². The highest BCUT2D eigenvalue weighted by molar-refractivity contribution is 5.58. The molecule has 132 valence electrons. The normalized spacial score (nSPS) is 16.7. The molecule has 1 saturated heterocycles. The lowest BCUT2D eigenvalue weighted by Crippen LogP contribution is -2.37. The molecule has 0 spiro atoms. The van der Waals surface area contributed by atoms with E-state index in [-0.39, 0.29) is 0 Å². The van der Waals surface area contributed by atoms with Crippen molar-refractivity contribution in [3.8, 4) is 17.1 Å². The van der Waals surface area contributed by atoms with Gasteiger partial charge in [-0.25, -0.2) is 15.0 Å². The van der Waals surface area contributed by atoms with Gasteiger partial charge in [0, 0.05) is 43.6 Å². The number of benzene rings is 1. The lowest BCUT2D eigenvalue weighted by atomic mass is 10.1. The Hall–Kier alpha value is -2.77. The molecule has 0 N–H and O–H groups in total. The zero-order valence-corrected chi connectivity index (χ0v) is 14.3. The Bertz CT molecular complexity index is 916. The number of imidazole rings is 1. The summed E-state index contributed by atoms with van der Waals surface area (Å²) in [6.45, 7) is 4.46. The van der Waals surface area contributed by atoms with Gasteiger partial charge in [-0.15, -0.1) is 0 Å². The van der Waals surface area contributed by atoms with E-state index in [1.165, 1.54) is 11.1 Å². The molecule has 0 saturated carbocycles. The summed E-state index contributed by atoms with van der Waals surface area (Å²) in [6.07, 6.45) is 7.44. The number of hydrogen-bond acceptors (Lipinski definition) is 6. The largest absolute Gasteiger partial charge is 0.378 e. The van der Waals surface area contributed by atoms with Crippen LogP contribution >= 0.6 is 0 Å². The lowest BCUT2D eigenvalue weighted by Gasteiger charge is -2.26. The zero-order valence-electron chi connectivity index (χ0n) is 14.3. The number of ether oxygens (including phenoxy) is 2. The standard InChI is InChI=1S/C19H19N5O2/c1-2-17(9-15-13-26-12-14(1)15)24-4-3-20-18(24)16-10-21-19(22-11-16)23-5-7-25-8-6-23/h1-4,9-11H,5-8,12-13H2. The predicted octanol–water partition coefficient (Wildman–Crippen LogP) is 2.20. The second-order valence-corrected chi connectivity index (χ2v) is 6.44. The molecular formula is C19H19N5O2. The highest BCUT2D eigenvalue weighted by Gasteiger charge is 2.16. The number of fused-ring (bicyclic) bond motifs is 1. The molecule has 7 heteroatoms. The molecule has 5 rings (SSSR count). The first-order valence-corrected chi connectivity index (χ1v) is 8.77. The van der Waals surface area contributed by atoms with Crippen molar-refractivity contribution in [1.82, 2.24) is 19.5 Å². The van der Waals surface area contributed by atoms with Crippen LogP contribution in [-0.2, 0) is 22.7 Å². The predicted molar refractivity (Wildman–Crippen MR) is 96.1 cm³/mol. The van der Waals surface area contributed by atoms with Gasteiger partial charge in [0.1, 0.15) is 5.82 Å². The van der Waals surface area contributed by atoms with E-state index in [1.807, 2.05) is 18.6 Å². The van der Waals surface area contributed by atoms with Gasteiger partial charge in [0.15, 0.2) is 0 Å². The minimum Gasteiger partial charge on any atom is -0.378 e. The van der Waals surface area contributed by atoms with Gasteiger partial charge in [-0.05, 0) is 23.3 Å². The van der Waals surface area contributed by atoms with Crippen LogP contribution in [0.1, 0.15) is 11.1 Å². The van der Waals surface area contributed by atoms with Crippen LogP contribution in [-0.4, -0.2) is 45.8 Å². The lowest BCUT2D eigenvalue weighted by molar-refractivity contribution is 0.122. The molecule has 7 nitrogen and oxygen atoms in total. The maximum absolute atomic E-state index is 5.51. The summed E-state index contributed by atoms with van der Waals surface area (Å²) in [4.78, 5) is 15.7. The van der Waals surface area contributed by atoms with Crippen molar-refractivity contribution >= 4 is 5.95 Å². The van der Waals surface area contributed by atoms with Gasteiger partial charge >= 0.3 is 0 Å². The summed E-state index contributed by atoms with van der Waals surface area (Å²) in [5, 5.41) is 0. The molecule has 0 bridgehead atoms. The Morgan fingerprint density at radius 2 is 1.69 bits per heavy atom. The molecule has 2 aromatic heterocycles. The summed E-state index contributed by atoms with van der Waals surface area (Å²) in [5.41, 5.74) is 4.46. The average molecular weight is 349 g/mol. The third-order valence-corrected chi connectivity index (χ3v) is 4.81. The van der Waals surface area contributed by atoms with Crippen LogP contribution < -0.4 is 4.90 Å². The van der Waals surface area contributed by atoms with Crippen molar-refractivity contribution in [2.24, 2.45) is 0 Å². The van der Waals surface area contributed by atoms with Gasteiger partial charge in [-0.1, -0.05) is 6.07 Å². The third kappa shape index (κ3) is 2.75. The maximum atomic E-state index is 5.51. The summed E-state index contributed by atoms with van der Waals surface area (Å²) in [5.74, 6) is 1.57. The minimum absolute atomic E-state index is 0.671. The summed E-state index contributed by atoms with van der Waals surface area (Å²) < 4.78 is 13.0. The fraction of sp³-hybridized carbons (Fsp3) is 0.316. The van der Waals surface area contributed by atoms with E-state index in [4.69, 9.17) is 9.47 Å². The van der Waals surface area contributed by atoms with Crippen LogP contribution in [0.2, 0.25) is 0 Å². The van der Waals surface area contributed by atoms with Gasteiger partial charge in [-0.2, -0.15) is 0 Å². The number of rotatable bonds is 3. The molecule has 26 heavy (non-hydrogen) atoms. The molecule has 0 radical (unpaired) electrons. The first-order valence-electron chi connectivity index (χ1n) is 8.77. The van der Waals surface area contributed by atoms with Crippen molar-refractivity contribution in [2.75, 3.05) is 31.2 Å². The van der Waals surface area contributed by atoms with Gasteiger partial charge in [0.25, 0.3) is 0 Å². The van der Waals surface area contributed by atoms with Crippen molar-refractivity contribution in [3.05, 3.63) is 54.1 Å². The van der Waals surface area contributed by atoms with Crippen molar-refractivity contribution < 1.29 is 9.47 Å². The molecule has 0 aliphatic carbocycles. The van der Waals surface area contributed by atoms with Gasteiger partial charge in [0.05, 0.1) is 32.0 Å². The fourth-order valence-electron chi connectivity index (χ4n) is 3.40. The smallest absolute Gasteiger partial charge is 0.225 e. The Morgan fingerprint density at radius 3 is 2.54 bits per heavy atom. The minimum atomic E-state index is 0.671. The third-order valence-electron chi connectivity index (χ3n) is 4.81. The van der Waals surface area contributed by atoms with Crippen molar-refractivity contribution in [3.63, 3.8) is 0 Å². The second-order valence-electron chi connectivity index (χ2n) is 6.44. The molecule has 2 aliphatic rings. The van der Waals surface area contributed by atoms with Crippen LogP contribution in [0.5, 0.6) is 0 Å². The highest BCUT2D eigenvalue weighted by Crippen LogP contribution is 2.26. The molecule has 0 atom stereocenters. The van der Waals surface area contributed by atoms with Crippen molar-refractivity contribution in [2.45, 2.75) is 13.2 Å². The van der Waals surface area contributed by atoms with Gasteiger partial charge in [-0.3, -0.25) is 4.57 Å². The number of nitrogens with zero attached hydrogens (tertiary/aromatic N) is 5. The van der Waals surface area contributed by atoms with Crippen LogP contribution in [0, 0.1) is 0 Å². The quantitative estimate of drug-likeness (QED) is 0.722. The monoisotopic (exact) mass is 349 g/mol. The van der Waals surface area contributed by atoms with Crippen LogP contribution in [0.25, 0.3) is 17.1 Å². The van der Waals surface area contributed by atoms with Crippen LogP contribution in [0.4, 0.5) is 5.95 Å². The average Bonchev–Trinajstić information content (AvgIpc) is 3.37. The molecule has 4 heterocycles. The van der Waals surface area contributed by atoms with E-state index in [2.05, 4.69) is 42.6 Å².